The van der Waals surface area contributed by atoms with Crippen LogP contribution >= 0.6 is 0 Å². The second-order valence-corrected chi connectivity index (χ2v) is 7.68. The first-order valence-electron chi connectivity index (χ1n) is 9.47. The smallest absolute Gasteiger partial charge is 0.115 e. The van der Waals surface area contributed by atoms with Crippen LogP contribution in [0.2, 0.25) is 0 Å². The predicted molar refractivity (Wildman–Crippen MR) is 105 cm³/mol. The summed E-state index contributed by atoms with van der Waals surface area (Å²) in [5, 5.41) is 12.5. The first-order chi connectivity index (χ1) is 12.2. The highest BCUT2D eigenvalue weighted by Crippen LogP contribution is 2.43. The molecule has 0 aliphatic heterocycles. The van der Waals surface area contributed by atoms with Gasteiger partial charge in [0.15, 0.2) is 0 Å². The van der Waals surface area contributed by atoms with Gasteiger partial charge in [-0.15, -0.1) is 0 Å². The van der Waals surface area contributed by atoms with Crippen LogP contribution in [0.1, 0.15) is 55.6 Å². The van der Waals surface area contributed by atoms with Gasteiger partial charge < -0.3 is 5.11 Å². The normalized spacial score (nSPS) is 21.5. The summed E-state index contributed by atoms with van der Waals surface area (Å²) < 4.78 is 0. The Morgan fingerprint density at radius 3 is 2.64 bits per heavy atom. The molecule has 1 heteroatoms. The van der Waals surface area contributed by atoms with Crippen molar-refractivity contribution in [3.05, 3.63) is 77.9 Å². The fourth-order valence-electron chi connectivity index (χ4n) is 4.68. The van der Waals surface area contributed by atoms with Gasteiger partial charge in [0.05, 0.1) is 0 Å². The minimum Gasteiger partial charge on any atom is -0.508 e. The van der Waals surface area contributed by atoms with E-state index in [1.54, 1.807) is 6.07 Å². The first-order valence-corrected chi connectivity index (χ1v) is 9.47. The molecular weight excluding hydrogens is 304 g/mol. The monoisotopic (exact) mass is 330 g/mol. The molecule has 0 amide bonds. The Balaban J connectivity index is 1.47. The topological polar surface area (TPSA) is 20.2 Å². The first kappa shape index (κ1) is 16.2. The Morgan fingerprint density at radius 2 is 1.76 bits per heavy atom. The molecule has 0 saturated heterocycles. The third-order valence-electron chi connectivity index (χ3n) is 5.92. The maximum absolute atomic E-state index is 9.73. The van der Waals surface area contributed by atoms with Crippen molar-refractivity contribution in [2.24, 2.45) is 5.92 Å². The van der Waals surface area contributed by atoms with Gasteiger partial charge in [0, 0.05) is 0 Å². The lowest BCUT2D eigenvalue weighted by Crippen LogP contribution is -2.03. The number of rotatable bonds is 4. The highest BCUT2D eigenvalue weighted by atomic mass is 16.3. The van der Waals surface area contributed by atoms with E-state index in [1.807, 2.05) is 12.1 Å². The van der Waals surface area contributed by atoms with Crippen molar-refractivity contribution >= 4 is 10.8 Å². The molecule has 0 unspecified atom stereocenters. The van der Waals surface area contributed by atoms with Crippen molar-refractivity contribution in [1.82, 2.24) is 0 Å². The number of hydrogen-bond acceptors (Lipinski definition) is 1. The zero-order valence-electron chi connectivity index (χ0n) is 14.9. The average Bonchev–Trinajstić information content (AvgIpc) is 3.10. The van der Waals surface area contributed by atoms with Gasteiger partial charge in [-0.2, -0.15) is 0 Å². The highest BCUT2D eigenvalue weighted by molar-refractivity contribution is 5.86. The lowest BCUT2D eigenvalue weighted by atomic mass is 9.86. The van der Waals surface area contributed by atoms with Gasteiger partial charge in [0.2, 0.25) is 0 Å². The fourth-order valence-corrected chi connectivity index (χ4v) is 4.68. The van der Waals surface area contributed by atoms with E-state index in [1.165, 1.54) is 47.6 Å². The molecule has 0 radical (unpaired) electrons. The van der Waals surface area contributed by atoms with E-state index in [0.29, 0.717) is 17.6 Å². The van der Waals surface area contributed by atoms with Crippen LogP contribution in [0.15, 0.2) is 66.7 Å². The second-order valence-electron chi connectivity index (χ2n) is 7.68. The molecule has 1 saturated carbocycles. The summed E-state index contributed by atoms with van der Waals surface area (Å²) in [6.45, 7) is 2.38. The summed E-state index contributed by atoms with van der Waals surface area (Å²) in [4.78, 5) is 0. The molecule has 0 aromatic heterocycles. The van der Waals surface area contributed by atoms with Crippen LogP contribution in [-0.2, 0) is 0 Å². The molecule has 4 rings (SSSR count). The molecule has 0 bridgehead atoms. The molecule has 25 heavy (non-hydrogen) atoms. The summed E-state index contributed by atoms with van der Waals surface area (Å²) in [6, 6.07) is 23.3. The summed E-state index contributed by atoms with van der Waals surface area (Å²) in [7, 11) is 0. The minimum atomic E-state index is 0.394. The molecule has 0 spiro atoms. The van der Waals surface area contributed by atoms with Crippen molar-refractivity contribution < 1.29 is 5.11 Å². The second kappa shape index (κ2) is 6.92. The molecule has 3 aromatic rings. The zero-order valence-corrected chi connectivity index (χ0v) is 14.9. The van der Waals surface area contributed by atoms with E-state index in [0.717, 1.165) is 5.92 Å². The standard InChI is InChI=1S/C24H26O/c1-17(23-11-5-7-19-6-2-3-10-24(19)23)14-18-12-13-21(15-18)20-8-4-9-22(25)16-20/h2-11,16-18,21,25H,12-15H2,1H3/t17-,18+,21+/m0/s1. The van der Waals surface area contributed by atoms with Gasteiger partial charge in [0.1, 0.15) is 5.75 Å². The van der Waals surface area contributed by atoms with Gasteiger partial charge in [-0.05, 0) is 77.5 Å². The number of fused-ring (bicyclic) bond motifs is 1. The molecule has 1 N–H and O–H groups in total. The quantitative estimate of drug-likeness (QED) is 0.569. The van der Waals surface area contributed by atoms with Crippen LogP contribution in [-0.4, -0.2) is 5.11 Å². The van der Waals surface area contributed by atoms with E-state index in [-0.39, 0.29) is 0 Å². The van der Waals surface area contributed by atoms with Crippen molar-refractivity contribution in [2.45, 2.75) is 44.4 Å². The molecule has 1 nitrogen and oxygen atoms in total. The Labute approximate surface area is 150 Å². The lowest BCUT2D eigenvalue weighted by molar-refractivity contribution is 0.454. The molecule has 0 heterocycles. The van der Waals surface area contributed by atoms with Gasteiger partial charge in [-0.25, -0.2) is 0 Å². The zero-order chi connectivity index (χ0) is 17.2. The fraction of sp³-hybridized carbons (Fsp3) is 0.333. The Hall–Kier alpha value is -2.28. The van der Waals surface area contributed by atoms with E-state index < -0.39 is 0 Å². The molecule has 1 aliphatic rings. The van der Waals surface area contributed by atoms with E-state index in [9.17, 15) is 5.11 Å². The largest absolute Gasteiger partial charge is 0.508 e. The Bertz CT molecular complexity index is 861. The number of aromatic hydroxyl groups is 1. The third-order valence-corrected chi connectivity index (χ3v) is 5.92. The Morgan fingerprint density at radius 1 is 0.960 bits per heavy atom. The van der Waals surface area contributed by atoms with Gasteiger partial charge >= 0.3 is 0 Å². The lowest BCUT2D eigenvalue weighted by Gasteiger charge is -2.19. The molecule has 3 atom stereocenters. The number of phenolic OH excluding ortho intramolecular Hbond substituents is 1. The average molecular weight is 330 g/mol. The number of hydrogen-bond donors (Lipinski definition) is 1. The van der Waals surface area contributed by atoms with Gasteiger partial charge in [-0.1, -0.05) is 61.5 Å². The van der Waals surface area contributed by atoms with Crippen LogP contribution in [0.4, 0.5) is 0 Å². The minimum absolute atomic E-state index is 0.394. The van der Waals surface area contributed by atoms with Crippen molar-refractivity contribution in [3.63, 3.8) is 0 Å². The van der Waals surface area contributed by atoms with Gasteiger partial charge in [-0.3, -0.25) is 0 Å². The molecule has 128 valence electrons. The summed E-state index contributed by atoms with van der Waals surface area (Å²) in [5.41, 5.74) is 2.79. The summed E-state index contributed by atoms with van der Waals surface area (Å²) in [6.07, 6.45) is 5.05. The van der Waals surface area contributed by atoms with Crippen molar-refractivity contribution in [1.29, 1.82) is 0 Å². The molecule has 1 fully saturated rings. The molecule has 1 aliphatic carbocycles. The number of phenols is 1. The maximum Gasteiger partial charge on any atom is 0.115 e. The number of benzene rings is 3. The third kappa shape index (κ3) is 3.42. The van der Waals surface area contributed by atoms with E-state index >= 15 is 0 Å². The maximum atomic E-state index is 9.73. The van der Waals surface area contributed by atoms with Crippen LogP contribution in [0.25, 0.3) is 10.8 Å². The van der Waals surface area contributed by atoms with E-state index in [2.05, 4.69) is 55.5 Å². The van der Waals surface area contributed by atoms with Crippen molar-refractivity contribution in [3.8, 4) is 5.75 Å². The van der Waals surface area contributed by atoms with Crippen LogP contribution < -0.4 is 0 Å². The summed E-state index contributed by atoms with van der Waals surface area (Å²) >= 11 is 0. The predicted octanol–water partition coefficient (Wildman–Crippen LogP) is 6.62. The van der Waals surface area contributed by atoms with E-state index in [4.69, 9.17) is 0 Å². The van der Waals surface area contributed by atoms with Crippen molar-refractivity contribution in [2.75, 3.05) is 0 Å². The molecular formula is C24H26O. The summed E-state index contributed by atoms with van der Waals surface area (Å²) in [5.74, 6) is 2.36. The SMILES string of the molecule is C[C@@H](C[C@H]1CC[C@@H](c2cccc(O)c2)C1)c1cccc2ccccc12. The molecule has 3 aromatic carbocycles. The van der Waals surface area contributed by atoms with Crippen LogP contribution in [0.3, 0.4) is 0 Å². The van der Waals surface area contributed by atoms with Crippen LogP contribution in [0, 0.1) is 5.92 Å². The highest BCUT2D eigenvalue weighted by Gasteiger charge is 2.27. The Kier molecular flexibility index (Phi) is 4.48. The van der Waals surface area contributed by atoms with Gasteiger partial charge in [0.25, 0.3) is 0 Å². The van der Waals surface area contributed by atoms with Crippen LogP contribution in [0.5, 0.6) is 5.75 Å².